The number of benzene rings is 2. The number of phenols is 1. The molecule has 0 spiro atoms. The van der Waals surface area contributed by atoms with E-state index < -0.39 is 0 Å². The second-order valence-electron chi connectivity index (χ2n) is 4.97. The first-order valence-electron chi connectivity index (χ1n) is 6.51. The van der Waals surface area contributed by atoms with Crippen molar-refractivity contribution in [3.63, 3.8) is 0 Å². The standard InChI is InChI=1S/C17H16N2O/c1-19(2)13-7-5-12(6-8-13)14-9-10-16(20)17-15(14)4-3-11-18-17/h3-11,20H,1-2H3. The minimum Gasteiger partial charge on any atom is -0.506 e. The minimum atomic E-state index is 0.217. The van der Waals surface area contributed by atoms with Crippen molar-refractivity contribution in [3.05, 3.63) is 54.7 Å². The molecule has 0 aliphatic carbocycles. The molecular formula is C17H16N2O. The van der Waals surface area contributed by atoms with Crippen molar-refractivity contribution in [2.45, 2.75) is 0 Å². The molecule has 0 bridgehead atoms. The highest BCUT2D eigenvalue weighted by Gasteiger charge is 2.08. The molecule has 100 valence electrons. The topological polar surface area (TPSA) is 36.4 Å². The Morgan fingerprint density at radius 3 is 2.40 bits per heavy atom. The fourth-order valence-corrected chi connectivity index (χ4v) is 2.35. The quantitative estimate of drug-likeness (QED) is 0.767. The van der Waals surface area contributed by atoms with Crippen LogP contribution in [0.25, 0.3) is 22.0 Å². The van der Waals surface area contributed by atoms with Crippen molar-refractivity contribution in [1.82, 2.24) is 4.98 Å². The van der Waals surface area contributed by atoms with Gasteiger partial charge in [-0.05, 0) is 41.5 Å². The van der Waals surface area contributed by atoms with E-state index in [0.717, 1.165) is 22.2 Å². The zero-order valence-electron chi connectivity index (χ0n) is 11.5. The fourth-order valence-electron chi connectivity index (χ4n) is 2.35. The van der Waals surface area contributed by atoms with Gasteiger partial charge in [-0.1, -0.05) is 18.2 Å². The predicted octanol–water partition coefficient (Wildman–Crippen LogP) is 3.67. The smallest absolute Gasteiger partial charge is 0.141 e. The molecule has 0 atom stereocenters. The number of rotatable bonds is 2. The lowest BCUT2D eigenvalue weighted by molar-refractivity contribution is 0.480. The lowest BCUT2D eigenvalue weighted by Gasteiger charge is -2.13. The third-order valence-electron chi connectivity index (χ3n) is 3.44. The molecule has 0 aliphatic rings. The highest BCUT2D eigenvalue weighted by atomic mass is 16.3. The van der Waals surface area contributed by atoms with Crippen molar-refractivity contribution in [2.75, 3.05) is 19.0 Å². The summed E-state index contributed by atoms with van der Waals surface area (Å²) >= 11 is 0. The van der Waals surface area contributed by atoms with Gasteiger partial charge in [0.25, 0.3) is 0 Å². The highest BCUT2D eigenvalue weighted by molar-refractivity contribution is 5.97. The zero-order valence-corrected chi connectivity index (χ0v) is 11.5. The molecule has 3 nitrogen and oxygen atoms in total. The molecule has 0 aliphatic heterocycles. The molecule has 0 unspecified atom stereocenters. The van der Waals surface area contributed by atoms with Gasteiger partial charge in [0.15, 0.2) is 0 Å². The lowest BCUT2D eigenvalue weighted by atomic mass is 10.00. The van der Waals surface area contributed by atoms with Gasteiger partial charge in [-0.15, -0.1) is 0 Å². The van der Waals surface area contributed by atoms with Crippen LogP contribution in [0, 0.1) is 0 Å². The Bertz CT molecular complexity index is 749. The summed E-state index contributed by atoms with van der Waals surface area (Å²) in [6.45, 7) is 0. The van der Waals surface area contributed by atoms with Gasteiger partial charge < -0.3 is 10.0 Å². The van der Waals surface area contributed by atoms with E-state index in [4.69, 9.17) is 0 Å². The van der Waals surface area contributed by atoms with E-state index in [1.165, 1.54) is 0 Å². The van der Waals surface area contributed by atoms with Crippen LogP contribution in [0.15, 0.2) is 54.7 Å². The van der Waals surface area contributed by atoms with Gasteiger partial charge in [0.2, 0.25) is 0 Å². The first-order valence-corrected chi connectivity index (χ1v) is 6.51. The van der Waals surface area contributed by atoms with Crippen molar-refractivity contribution in [3.8, 4) is 16.9 Å². The van der Waals surface area contributed by atoms with Crippen LogP contribution in [-0.2, 0) is 0 Å². The second-order valence-corrected chi connectivity index (χ2v) is 4.97. The summed E-state index contributed by atoms with van der Waals surface area (Å²) in [6.07, 6.45) is 1.70. The maximum absolute atomic E-state index is 9.89. The van der Waals surface area contributed by atoms with E-state index in [1.54, 1.807) is 12.3 Å². The maximum atomic E-state index is 9.89. The zero-order chi connectivity index (χ0) is 14.1. The average Bonchev–Trinajstić information content (AvgIpc) is 2.48. The van der Waals surface area contributed by atoms with E-state index in [0.29, 0.717) is 5.52 Å². The van der Waals surface area contributed by atoms with Crippen LogP contribution in [0.3, 0.4) is 0 Å². The summed E-state index contributed by atoms with van der Waals surface area (Å²) in [6, 6.07) is 15.9. The molecule has 3 rings (SSSR count). The third-order valence-corrected chi connectivity index (χ3v) is 3.44. The fraction of sp³-hybridized carbons (Fsp3) is 0.118. The monoisotopic (exact) mass is 264 g/mol. The van der Waals surface area contributed by atoms with Crippen LogP contribution in [0.1, 0.15) is 0 Å². The predicted molar refractivity (Wildman–Crippen MR) is 83.2 cm³/mol. The molecule has 20 heavy (non-hydrogen) atoms. The number of hydrogen-bond donors (Lipinski definition) is 1. The minimum absolute atomic E-state index is 0.217. The lowest BCUT2D eigenvalue weighted by Crippen LogP contribution is -2.07. The van der Waals surface area contributed by atoms with E-state index in [-0.39, 0.29) is 5.75 Å². The average molecular weight is 264 g/mol. The number of aromatic hydroxyl groups is 1. The summed E-state index contributed by atoms with van der Waals surface area (Å²) in [5.74, 6) is 0.217. The summed E-state index contributed by atoms with van der Waals surface area (Å²) < 4.78 is 0. The molecule has 1 heterocycles. The molecule has 3 heteroatoms. The van der Waals surface area contributed by atoms with Gasteiger partial charge >= 0.3 is 0 Å². The van der Waals surface area contributed by atoms with Crippen molar-refractivity contribution in [1.29, 1.82) is 0 Å². The SMILES string of the molecule is CN(C)c1ccc(-c2ccc(O)c3ncccc23)cc1. The van der Waals surface area contributed by atoms with Gasteiger partial charge in [0.05, 0.1) is 0 Å². The normalized spacial score (nSPS) is 10.7. The van der Waals surface area contributed by atoms with E-state index in [9.17, 15) is 5.11 Å². The number of fused-ring (bicyclic) bond motifs is 1. The number of anilines is 1. The van der Waals surface area contributed by atoms with Crippen LogP contribution in [0.4, 0.5) is 5.69 Å². The molecule has 1 aromatic heterocycles. The van der Waals surface area contributed by atoms with Crippen LogP contribution in [-0.4, -0.2) is 24.2 Å². The van der Waals surface area contributed by atoms with Crippen LogP contribution in [0.2, 0.25) is 0 Å². The Labute approximate surface area is 118 Å². The van der Waals surface area contributed by atoms with Gasteiger partial charge in [0, 0.05) is 31.4 Å². The van der Waals surface area contributed by atoms with Crippen molar-refractivity contribution in [2.24, 2.45) is 0 Å². The van der Waals surface area contributed by atoms with Gasteiger partial charge in [-0.3, -0.25) is 4.98 Å². The molecule has 2 aromatic carbocycles. The van der Waals surface area contributed by atoms with Crippen LogP contribution >= 0.6 is 0 Å². The first-order chi connectivity index (χ1) is 9.66. The molecule has 0 fully saturated rings. The third kappa shape index (κ3) is 2.07. The Balaban J connectivity index is 2.17. The number of phenolic OH excluding ortho intramolecular Hbond substituents is 1. The van der Waals surface area contributed by atoms with Crippen LogP contribution in [0.5, 0.6) is 5.75 Å². The van der Waals surface area contributed by atoms with Gasteiger partial charge in [0.1, 0.15) is 11.3 Å². The largest absolute Gasteiger partial charge is 0.506 e. The Morgan fingerprint density at radius 1 is 0.950 bits per heavy atom. The Morgan fingerprint density at radius 2 is 1.70 bits per heavy atom. The van der Waals surface area contributed by atoms with Gasteiger partial charge in [-0.2, -0.15) is 0 Å². The number of nitrogens with zero attached hydrogens (tertiary/aromatic N) is 2. The highest BCUT2D eigenvalue weighted by Crippen LogP contribution is 2.33. The number of pyridine rings is 1. The number of aromatic nitrogens is 1. The summed E-state index contributed by atoms with van der Waals surface area (Å²) in [5, 5.41) is 10.9. The van der Waals surface area contributed by atoms with E-state index >= 15 is 0 Å². The molecular weight excluding hydrogens is 248 g/mol. The van der Waals surface area contributed by atoms with Crippen molar-refractivity contribution >= 4 is 16.6 Å². The summed E-state index contributed by atoms with van der Waals surface area (Å²) in [4.78, 5) is 6.32. The van der Waals surface area contributed by atoms with Gasteiger partial charge in [-0.25, -0.2) is 0 Å². The van der Waals surface area contributed by atoms with E-state index in [1.807, 2.05) is 32.3 Å². The maximum Gasteiger partial charge on any atom is 0.141 e. The van der Waals surface area contributed by atoms with E-state index in [2.05, 4.69) is 34.1 Å². The summed E-state index contributed by atoms with van der Waals surface area (Å²) in [5.41, 5.74) is 4.00. The Kier molecular flexibility index (Phi) is 3.03. The molecule has 0 saturated heterocycles. The molecule has 0 radical (unpaired) electrons. The molecule has 0 saturated carbocycles. The molecule has 0 amide bonds. The molecule has 1 N–H and O–H groups in total. The van der Waals surface area contributed by atoms with Crippen LogP contribution < -0.4 is 4.90 Å². The van der Waals surface area contributed by atoms with Crippen molar-refractivity contribution < 1.29 is 5.11 Å². The first kappa shape index (κ1) is 12.5. The molecule has 3 aromatic rings. The number of hydrogen-bond acceptors (Lipinski definition) is 3. The second kappa shape index (κ2) is 4.85. The summed E-state index contributed by atoms with van der Waals surface area (Å²) in [7, 11) is 4.05. The Hall–Kier alpha value is -2.55.